The number of rotatable bonds is 58. The molecule has 0 aliphatic carbocycles. The monoisotopic (exact) mass is 1150 g/mol. The molecule has 0 radical (unpaired) electrons. The van der Waals surface area contributed by atoms with Gasteiger partial charge < -0.3 is 65.5 Å². The lowest BCUT2D eigenvalue weighted by atomic mass is 10.1. The number of likely N-dealkylation sites (N-methyl/N-ethyl adjacent to an activating group) is 1. The van der Waals surface area contributed by atoms with Crippen molar-refractivity contribution in [3.8, 4) is 0 Å². The summed E-state index contributed by atoms with van der Waals surface area (Å²) >= 11 is 0. The minimum absolute atomic E-state index is 0.0658. The van der Waals surface area contributed by atoms with Crippen molar-refractivity contribution in [2.24, 2.45) is 22.9 Å². The molecule has 0 aromatic carbocycles. The first-order chi connectivity index (χ1) is 39.4. The lowest BCUT2D eigenvalue weighted by molar-refractivity contribution is -0.129. The maximum atomic E-state index is 13.2. The van der Waals surface area contributed by atoms with Crippen LogP contribution >= 0.6 is 0 Å². The van der Waals surface area contributed by atoms with Gasteiger partial charge in [-0.3, -0.25) is 38.4 Å². The molecule has 0 saturated heterocycles. The molecule has 20 heteroatoms. The van der Waals surface area contributed by atoms with E-state index in [-0.39, 0.29) is 47.3 Å². The van der Waals surface area contributed by atoms with E-state index < -0.39 is 24.2 Å². The quantitative estimate of drug-likeness (QED) is 0.0291. The maximum absolute atomic E-state index is 13.2. The van der Waals surface area contributed by atoms with Crippen molar-refractivity contribution in [3.63, 3.8) is 0 Å². The first-order valence-electron chi connectivity index (χ1n) is 32.4. The Balaban J connectivity index is 4.49. The van der Waals surface area contributed by atoms with Gasteiger partial charge >= 0.3 is 0 Å². The van der Waals surface area contributed by atoms with Gasteiger partial charge in [-0.25, -0.2) is 0 Å². The van der Waals surface area contributed by atoms with Crippen LogP contribution < -0.4 is 65.5 Å². The van der Waals surface area contributed by atoms with Crippen molar-refractivity contribution in [1.82, 2.24) is 42.5 Å². The molecule has 0 bridgehead atoms. The average Bonchev–Trinajstić information content (AvgIpc) is 3.45. The highest BCUT2D eigenvalue weighted by atomic mass is 16.2. The second-order valence-corrected chi connectivity index (χ2v) is 22.2. The number of nitrogens with one attached hydrogen (secondary N) is 8. The summed E-state index contributed by atoms with van der Waals surface area (Å²) in [6.45, 7) is 5.86. The molecule has 0 spiro atoms. The molecule has 4 atom stereocenters. The maximum Gasteiger partial charge on any atom is 0.242 e. The van der Waals surface area contributed by atoms with Crippen LogP contribution in [0.1, 0.15) is 264 Å². The molecule has 0 rings (SSSR count). The van der Waals surface area contributed by atoms with E-state index >= 15 is 0 Å². The molecule has 20 nitrogen and oxygen atoms in total. The van der Waals surface area contributed by atoms with Crippen LogP contribution in [0.5, 0.6) is 0 Å². The number of hydrogen-bond acceptors (Lipinski definition) is 12. The fourth-order valence-electron chi connectivity index (χ4n) is 9.71. The van der Waals surface area contributed by atoms with Crippen molar-refractivity contribution in [3.05, 3.63) is 0 Å². The number of nitrogens with two attached hydrogens (primary N) is 4. The molecule has 0 saturated carbocycles. The van der Waals surface area contributed by atoms with Crippen molar-refractivity contribution in [2.45, 2.75) is 288 Å². The molecule has 16 N–H and O–H groups in total. The molecule has 8 amide bonds. The van der Waals surface area contributed by atoms with E-state index in [2.05, 4.69) is 49.5 Å². The second-order valence-electron chi connectivity index (χ2n) is 22.2. The SMILES string of the molecule is CCCCCCCCCCCC(=O)NC(CCCCN)C(=O)NCCCCCCCC(=O)NC(CCCCN)C(=O)NCCCCCCCC(=O)NC(CCCCN)C(=O)NCCCCCCCC(=O)NC(CCCCN)C(=O)NC. The van der Waals surface area contributed by atoms with E-state index in [4.69, 9.17) is 22.9 Å². The van der Waals surface area contributed by atoms with Crippen LogP contribution in [-0.4, -0.2) is 124 Å². The Morgan fingerprint density at radius 2 is 0.506 bits per heavy atom. The molecule has 0 heterocycles. The smallest absolute Gasteiger partial charge is 0.242 e. The Bertz CT molecular complexity index is 1630. The van der Waals surface area contributed by atoms with E-state index in [0.29, 0.717) is 116 Å². The highest BCUT2D eigenvalue weighted by Gasteiger charge is 2.23. The molecular formula is C61H120N12O8. The lowest BCUT2D eigenvalue weighted by Gasteiger charge is -2.19. The molecular weight excluding hydrogens is 1030 g/mol. The van der Waals surface area contributed by atoms with Gasteiger partial charge in [-0.2, -0.15) is 0 Å². The molecule has 0 aromatic rings. The zero-order valence-corrected chi connectivity index (χ0v) is 51.1. The lowest BCUT2D eigenvalue weighted by Crippen LogP contribution is -2.47. The predicted octanol–water partition coefficient (Wildman–Crippen LogP) is 6.48. The molecule has 0 fully saturated rings. The fourth-order valence-corrected chi connectivity index (χ4v) is 9.71. The van der Waals surface area contributed by atoms with E-state index in [1.165, 1.54) is 38.5 Å². The van der Waals surface area contributed by atoms with Gasteiger partial charge in [0.15, 0.2) is 0 Å². The van der Waals surface area contributed by atoms with Gasteiger partial charge in [0.05, 0.1) is 0 Å². The van der Waals surface area contributed by atoms with Crippen molar-refractivity contribution in [2.75, 3.05) is 52.9 Å². The average molecular weight is 1150 g/mol. The van der Waals surface area contributed by atoms with Gasteiger partial charge in [0.2, 0.25) is 47.3 Å². The van der Waals surface area contributed by atoms with Crippen LogP contribution in [0, 0.1) is 0 Å². The fraction of sp³-hybridized carbons (Fsp3) is 0.869. The van der Waals surface area contributed by atoms with E-state index in [9.17, 15) is 38.4 Å². The van der Waals surface area contributed by atoms with Gasteiger partial charge in [0, 0.05) is 52.4 Å². The molecule has 472 valence electrons. The highest BCUT2D eigenvalue weighted by molar-refractivity contribution is 5.89. The Kier molecular flexibility index (Phi) is 53.1. The van der Waals surface area contributed by atoms with Crippen LogP contribution in [0.3, 0.4) is 0 Å². The van der Waals surface area contributed by atoms with Gasteiger partial charge in [-0.15, -0.1) is 0 Å². The number of unbranched alkanes of at least 4 members (excludes halogenated alkanes) is 24. The summed E-state index contributed by atoms with van der Waals surface area (Å²) in [6, 6.07) is -2.34. The molecule has 0 aromatic heterocycles. The number of carbonyl (C=O) groups excluding carboxylic acids is 8. The van der Waals surface area contributed by atoms with Crippen LogP contribution in [-0.2, 0) is 38.4 Å². The Hall–Kier alpha value is -4.40. The van der Waals surface area contributed by atoms with Gasteiger partial charge in [0.25, 0.3) is 0 Å². The van der Waals surface area contributed by atoms with Gasteiger partial charge in [-0.1, -0.05) is 116 Å². The number of hydrogen-bond donors (Lipinski definition) is 12. The normalized spacial score (nSPS) is 12.6. The summed E-state index contributed by atoms with van der Waals surface area (Å²) in [4.78, 5) is 103. The number of amides is 8. The molecule has 0 aliphatic heterocycles. The minimum Gasteiger partial charge on any atom is -0.357 e. The molecule has 81 heavy (non-hydrogen) atoms. The van der Waals surface area contributed by atoms with E-state index in [1.54, 1.807) is 7.05 Å². The Morgan fingerprint density at radius 1 is 0.284 bits per heavy atom. The predicted molar refractivity (Wildman–Crippen MR) is 327 cm³/mol. The van der Waals surface area contributed by atoms with Crippen LogP contribution in [0.15, 0.2) is 0 Å². The topological polar surface area (TPSA) is 337 Å². The molecule has 4 unspecified atom stereocenters. The third-order valence-electron chi connectivity index (χ3n) is 14.8. The zero-order chi connectivity index (χ0) is 59.8. The largest absolute Gasteiger partial charge is 0.357 e. The standard InChI is InChI=1S/C61H120N12O8/c1-3-4-5-6-7-8-9-13-20-40-55(75)71-51(36-25-29-44-63)59(79)67-48-33-18-11-15-22-42-57(77)73-53(38-27-31-46-65)61(81)69-49-34-19-12-16-23-41-56(76)72-52(37-26-30-45-64)60(80)68-47-32-17-10-14-21-39-54(74)70-50(58(78)66-2)35-24-28-43-62/h50-53H,3-49,62-65H2,1-2H3,(H,66,78)(H,67,79)(H,68,80)(H,69,81)(H,70,74)(H,71,75)(H,72,76)(H,73,77). The molecule has 0 aliphatic rings. The second kappa shape index (κ2) is 56.1. The summed E-state index contributed by atoms with van der Waals surface area (Å²) in [7, 11) is 1.56. The van der Waals surface area contributed by atoms with Crippen LogP contribution in [0.4, 0.5) is 0 Å². The first kappa shape index (κ1) is 76.6. The Labute approximate surface area is 490 Å². The van der Waals surface area contributed by atoms with Gasteiger partial charge in [-0.05, 0) is 148 Å². The van der Waals surface area contributed by atoms with Crippen molar-refractivity contribution in [1.29, 1.82) is 0 Å². The summed E-state index contributed by atoms with van der Waals surface area (Å²) < 4.78 is 0. The van der Waals surface area contributed by atoms with Gasteiger partial charge in [0.1, 0.15) is 24.2 Å². The zero-order valence-electron chi connectivity index (χ0n) is 51.1. The van der Waals surface area contributed by atoms with E-state index in [1.807, 2.05) is 0 Å². The summed E-state index contributed by atoms with van der Waals surface area (Å²) in [5.74, 6) is -1.23. The third-order valence-corrected chi connectivity index (χ3v) is 14.8. The third kappa shape index (κ3) is 46.7. The van der Waals surface area contributed by atoms with E-state index in [0.717, 1.165) is 148 Å². The Morgan fingerprint density at radius 3 is 0.741 bits per heavy atom. The van der Waals surface area contributed by atoms with Crippen LogP contribution in [0.2, 0.25) is 0 Å². The summed E-state index contributed by atoms with van der Waals surface area (Å²) in [5.41, 5.74) is 22.7. The first-order valence-corrected chi connectivity index (χ1v) is 32.4. The highest BCUT2D eigenvalue weighted by Crippen LogP contribution is 2.13. The summed E-state index contributed by atoms with van der Waals surface area (Å²) in [6.07, 6.45) is 32.8. The minimum atomic E-state index is -0.621. The van der Waals surface area contributed by atoms with Crippen molar-refractivity contribution >= 4 is 47.3 Å². The summed E-state index contributed by atoms with van der Waals surface area (Å²) in [5, 5.41) is 23.3. The van der Waals surface area contributed by atoms with Crippen LogP contribution in [0.25, 0.3) is 0 Å². The number of carbonyl (C=O) groups is 8. The van der Waals surface area contributed by atoms with Crippen molar-refractivity contribution < 1.29 is 38.4 Å².